The van der Waals surface area contributed by atoms with Crippen molar-refractivity contribution < 1.29 is 56.7 Å². The minimum absolute atomic E-state index is 0.00958. The molecule has 4 atom stereocenters. The van der Waals surface area contributed by atoms with Gasteiger partial charge in [0.15, 0.2) is 5.67 Å². The quantitative estimate of drug-likeness (QED) is 0.0407. The molecule has 77 heavy (non-hydrogen) atoms. The zero-order valence-electron chi connectivity index (χ0n) is 44.6. The first-order valence-electron chi connectivity index (χ1n) is 26.7. The number of amides is 4. The van der Waals surface area contributed by atoms with Gasteiger partial charge in [0.25, 0.3) is 5.91 Å². The lowest BCUT2D eigenvalue weighted by Crippen LogP contribution is -2.59. The lowest BCUT2D eigenvalue weighted by Gasteiger charge is -2.35. The van der Waals surface area contributed by atoms with Gasteiger partial charge in [-0.05, 0) is 128 Å². The molecule has 8 rings (SSSR count). The standard InChI is InChI=1S/C58H72F2N6O10S/c1-36(38-6-8-39(9-7-38)46-18-21-61-48-17-12-42(59)31-47(46)48)53(68)64-43-13-15-45(16-14-43)75-28-26-73-24-22-72-23-25-74-27-29-76-50-30-40(51-37(2)63-35-77-51)10-11-41(50)33-62-54(69)49-32-44(67)34-66(49)55(70)52(57(3,4)5)65-56(71)58(60)19-20-58/h10-18,21,30-31,35-36,38-39,44,49,52,67H,6-9,19-20,22-29,32-34H2,1-5H3,(H,62,69)(H,64,68)(H,65,71)/t36-,38?,39?,44-,49+,52-/m1/s1. The summed E-state index contributed by atoms with van der Waals surface area (Å²) >= 11 is 1.50. The summed E-state index contributed by atoms with van der Waals surface area (Å²) in [6, 6.07) is 17.6. The Morgan fingerprint density at radius 1 is 0.857 bits per heavy atom. The monoisotopic (exact) mass is 1080 g/mol. The molecule has 4 N–H and O–H groups in total. The van der Waals surface area contributed by atoms with Crippen LogP contribution in [0.4, 0.5) is 14.5 Å². The highest BCUT2D eigenvalue weighted by Crippen LogP contribution is 2.42. The van der Waals surface area contributed by atoms with E-state index in [2.05, 4.69) is 25.9 Å². The molecule has 3 aliphatic rings. The van der Waals surface area contributed by atoms with Gasteiger partial charge in [-0.1, -0.05) is 39.8 Å². The number of anilines is 1. The number of nitrogens with one attached hydrogen (secondary N) is 3. The van der Waals surface area contributed by atoms with Crippen LogP contribution in [0.3, 0.4) is 0 Å². The SMILES string of the molecule is Cc1ncsc1-c1ccc(CNC(=O)[C@@H]2C[C@@H](O)CN2C(=O)[C@@H](NC(=O)C2(F)CC2)C(C)(C)C)c(OCCOCCOCCOCCOc2ccc(NC(=O)[C@H](C)C3CCC(c4ccnc5ccc(F)cc45)CC3)cc2)c1. The molecule has 3 heterocycles. The zero-order chi connectivity index (χ0) is 54.7. The van der Waals surface area contributed by atoms with Crippen LogP contribution >= 0.6 is 11.3 Å². The van der Waals surface area contributed by atoms with Crippen LogP contribution in [0.25, 0.3) is 21.3 Å². The molecule has 0 unspecified atom stereocenters. The second kappa shape index (κ2) is 26.0. The van der Waals surface area contributed by atoms with Crippen molar-refractivity contribution >= 4 is 51.6 Å². The molecule has 3 aromatic carbocycles. The number of likely N-dealkylation sites (tertiary alicyclic amines) is 1. The number of carbonyl (C=O) groups excluding carboxylic acids is 4. The highest BCUT2D eigenvalue weighted by atomic mass is 32.1. The van der Waals surface area contributed by atoms with Gasteiger partial charge in [-0.15, -0.1) is 11.3 Å². The fraction of sp³-hybridized carbons (Fsp3) is 0.517. The maximum atomic E-state index is 14.6. The minimum atomic E-state index is -1.98. The number of nitrogens with zero attached hydrogens (tertiary/aromatic N) is 3. The zero-order valence-corrected chi connectivity index (χ0v) is 45.4. The summed E-state index contributed by atoms with van der Waals surface area (Å²) < 4.78 is 57.9. The van der Waals surface area contributed by atoms with E-state index in [1.54, 1.807) is 44.6 Å². The van der Waals surface area contributed by atoms with Crippen molar-refractivity contribution in [2.75, 3.05) is 64.7 Å². The van der Waals surface area contributed by atoms with Gasteiger partial charge < -0.3 is 49.6 Å². The van der Waals surface area contributed by atoms with Crippen LogP contribution in [0, 0.1) is 30.0 Å². The number of carbonyl (C=O) groups is 4. The fourth-order valence-electron chi connectivity index (χ4n) is 10.1. The largest absolute Gasteiger partial charge is 0.491 e. The summed E-state index contributed by atoms with van der Waals surface area (Å²) in [5, 5.41) is 20.1. The summed E-state index contributed by atoms with van der Waals surface area (Å²) in [5.74, 6) is -0.523. The summed E-state index contributed by atoms with van der Waals surface area (Å²) in [4.78, 5) is 64.6. The minimum Gasteiger partial charge on any atom is -0.491 e. The number of fused-ring (bicyclic) bond motifs is 1. The Bertz CT molecular complexity index is 2820. The van der Waals surface area contributed by atoms with Gasteiger partial charge in [-0.2, -0.15) is 0 Å². The molecule has 3 fully saturated rings. The Kier molecular flexibility index (Phi) is 19.3. The van der Waals surface area contributed by atoms with Gasteiger partial charge in [0.05, 0.1) is 67.3 Å². The van der Waals surface area contributed by atoms with Gasteiger partial charge in [-0.3, -0.25) is 24.2 Å². The summed E-state index contributed by atoms with van der Waals surface area (Å²) in [7, 11) is 0. The van der Waals surface area contributed by atoms with Crippen molar-refractivity contribution in [3.05, 3.63) is 101 Å². The highest BCUT2D eigenvalue weighted by molar-refractivity contribution is 7.13. The van der Waals surface area contributed by atoms with Crippen LogP contribution in [-0.4, -0.2) is 127 Å². The Hall–Kier alpha value is -6.12. The average Bonchev–Trinajstić information content (AvgIpc) is 3.88. The van der Waals surface area contributed by atoms with Crippen molar-refractivity contribution in [1.82, 2.24) is 25.5 Å². The van der Waals surface area contributed by atoms with E-state index in [0.717, 1.165) is 58.3 Å². The van der Waals surface area contributed by atoms with E-state index < -0.39 is 47.0 Å². The molecule has 4 amide bonds. The number of halogens is 2. The molecule has 19 heteroatoms. The summed E-state index contributed by atoms with van der Waals surface area (Å²) in [6.45, 7) is 11.8. The third-order valence-electron chi connectivity index (χ3n) is 14.8. The number of ether oxygens (including phenoxy) is 5. The number of β-amino-alcohol motifs (C(OH)–C–C–N with tert-alkyl or cyclic N) is 1. The predicted octanol–water partition coefficient (Wildman–Crippen LogP) is 8.47. The fourth-order valence-corrected chi connectivity index (χ4v) is 10.9. The Morgan fingerprint density at radius 3 is 2.18 bits per heavy atom. The Labute approximate surface area is 453 Å². The number of benzene rings is 3. The molecule has 0 spiro atoms. The lowest BCUT2D eigenvalue weighted by molar-refractivity contribution is -0.145. The lowest BCUT2D eigenvalue weighted by atomic mass is 9.73. The first-order chi connectivity index (χ1) is 37.0. The molecule has 0 bridgehead atoms. The van der Waals surface area contributed by atoms with Gasteiger partial charge in [-0.25, -0.2) is 13.8 Å². The second-order valence-electron chi connectivity index (χ2n) is 21.5. The van der Waals surface area contributed by atoms with Crippen molar-refractivity contribution in [3.8, 4) is 21.9 Å². The molecule has 16 nitrogen and oxygen atoms in total. The van der Waals surface area contributed by atoms with E-state index in [1.165, 1.54) is 22.3 Å². The molecule has 1 saturated heterocycles. The first kappa shape index (κ1) is 57.1. The van der Waals surface area contributed by atoms with Crippen LogP contribution in [0.1, 0.15) is 95.4 Å². The number of hydrogen-bond donors (Lipinski definition) is 4. The van der Waals surface area contributed by atoms with E-state index in [4.69, 9.17) is 23.7 Å². The van der Waals surface area contributed by atoms with Gasteiger partial charge in [0.2, 0.25) is 17.7 Å². The smallest absolute Gasteiger partial charge is 0.258 e. The molecule has 5 aromatic rings. The number of rotatable bonds is 25. The van der Waals surface area contributed by atoms with Crippen LogP contribution in [0.5, 0.6) is 11.5 Å². The molecular weight excluding hydrogens is 1010 g/mol. The van der Waals surface area contributed by atoms with Crippen LogP contribution in [0.15, 0.2) is 78.4 Å². The van der Waals surface area contributed by atoms with Gasteiger partial charge in [0.1, 0.15) is 42.6 Å². The first-order valence-corrected chi connectivity index (χ1v) is 27.6. The van der Waals surface area contributed by atoms with Crippen LogP contribution in [-0.2, 0) is 39.9 Å². The number of alkyl halides is 1. The molecule has 2 aromatic heterocycles. The molecule has 1 aliphatic heterocycles. The average molecular weight is 1080 g/mol. The topological polar surface area (TPSA) is 200 Å². The van der Waals surface area contributed by atoms with E-state index in [9.17, 15) is 33.1 Å². The number of pyridine rings is 1. The van der Waals surface area contributed by atoms with Crippen molar-refractivity contribution in [2.45, 2.75) is 116 Å². The van der Waals surface area contributed by atoms with Gasteiger partial charge in [0, 0.05) is 48.3 Å². The molecule has 2 aliphatic carbocycles. The van der Waals surface area contributed by atoms with Crippen molar-refractivity contribution in [3.63, 3.8) is 0 Å². The van der Waals surface area contributed by atoms with Crippen molar-refractivity contribution in [2.24, 2.45) is 17.3 Å². The number of aromatic nitrogens is 2. The Balaban J connectivity index is 0.698. The molecule has 2 saturated carbocycles. The molecule has 414 valence electrons. The third kappa shape index (κ3) is 15.1. The van der Waals surface area contributed by atoms with Gasteiger partial charge >= 0.3 is 0 Å². The number of aryl methyl sites for hydroxylation is 1. The van der Waals surface area contributed by atoms with Crippen molar-refractivity contribution in [1.29, 1.82) is 0 Å². The number of aliphatic hydroxyl groups excluding tert-OH is 1. The number of hydrogen-bond acceptors (Lipinski definition) is 13. The van der Waals surface area contributed by atoms with E-state index >= 15 is 0 Å². The summed E-state index contributed by atoms with van der Waals surface area (Å²) in [6.07, 6.45) is 4.78. The van der Waals surface area contributed by atoms with E-state index in [1.807, 2.05) is 62.4 Å². The molecular formula is C58H72F2N6O10S. The normalized spacial score (nSPS) is 19.8. The Morgan fingerprint density at radius 2 is 1.53 bits per heavy atom. The second-order valence-corrected chi connectivity index (χ2v) is 22.3. The highest BCUT2D eigenvalue weighted by Gasteiger charge is 2.53. The van der Waals surface area contributed by atoms with E-state index in [0.29, 0.717) is 68.3 Å². The predicted molar refractivity (Wildman–Crippen MR) is 289 cm³/mol. The van der Waals surface area contributed by atoms with E-state index in [-0.39, 0.29) is 69.1 Å². The summed E-state index contributed by atoms with van der Waals surface area (Å²) in [5.41, 5.74) is 4.09. The maximum Gasteiger partial charge on any atom is 0.258 e. The number of aliphatic hydroxyl groups is 1. The number of thiazole rings is 1. The third-order valence-corrected chi connectivity index (χ3v) is 15.8. The maximum absolute atomic E-state index is 14.6. The molecule has 0 radical (unpaired) electrons. The van der Waals surface area contributed by atoms with Crippen LogP contribution < -0.4 is 25.4 Å². The van der Waals surface area contributed by atoms with Crippen LogP contribution in [0.2, 0.25) is 0 Å².